The molecule has 0 spiro atoms. The number of piperidine rings is 1. The maximum atomic E-state index is 14.1. The maximum Gasteiger partial charge on any atom is 0.408 e. The fourth-order valence-electron chi connectivity index (χ4n) is 5.02. The van der Waals surface area contributed by atoms with E-state index in [1.807, 2.05) is 44.2 Å². The van der Waals surface area contributed by atoms with E-state index in [0.29, 0.717) is 37.9 Å². The zero-order valence-electron chi connectivity index (χ0n) is 25.8. The first-order valence-electron chi connectivity index (χ1n) is 15.0. The average molecular weight is 597 g/mol. The second kappa shape index (κ2) is 15.5. The normalized spacial score (nSPS) is 15.4. The van der Waals surface area contributed by atoms with Gasteiger partial charge in [-0.15, -0.1) is 0 Å². The average Bonchev–Trinajstić information content (AvgIpc) is 2.95. The van der Waals surface area contributed by atoms with E-state index in [0.717, 1.165) is 5.56 Å². The van der Waals surface area contributed by atoms with Gasteiger partial charge in [0.1, 0.15) is 23.5 Å². The minimum Gasteiger partial charge on any atom is -0.444 e. The molecular formula is C33H45FN4O5. The van der Waals surface area contributed by atoms with Crippen LogP contribution in [0.2, 0.25) is 0 Å². The molecule has 0 unspecified atom stereocenters. The van der Waals surface area contributed by atoms with E-state index in [2.05, 4.69) is 16.0 Å². The lowest BCUT2D eigenvalue weighted by Crippen LogP contribution is -2.54. The van der Waals surface area contributed by atoms with Gasteiger partial charge in [-0.2, -0.15) is 0 Å². The molecule has 9 nitrogen and oxygen atoms in total. The molecule has 43 heavy (non-hydrogen) atoms. The predicted octanol–water partition coefficient (Wildman–Crippen LogP) is 4.35. The summed E-state index contributed by atoms with van der Waals surface area (Å²) in [6, 6.07) is 14.0. The van der Waals surface area contributed by atoms with Crippen molar-refractivity contribution in [3.63, 3.8) is 0 Å². The number of likely N-dealkylation sites (tertiary alicyclic amines) is 1. The van der Waals surface area contributed by atoms with E-state index in [-0.39, 0.29) is 36.6 Å². The number of hydrogen-bond donors (Lipinski definition) is 3. The molecule has 3 rings (SSSR count). The zero-order chi connectivity index (χ0) is 31.6. The van der Waals surface area contributed by atoms with Gasteiger partial charge in [0.15, 0.2) is 0 Å². The Hall–Kier alpha value is -3.95. The number of halogens is 1. The predicted molar refractivity (Wildman–Crippen MR) is 162 cm³/mol. The van der Waals surface area contributed by atoms with Crippen LogP contribution in [-0.4, -0.2) is 59.5 Å². The molecule has 2 atom stereocenters. The van der Waals surface area contributed by atoms with Crippen LogP contribution in [-0.2, 0) is 32.1 Å². The minimum atomic E-state index is -0.852. The lowest BCUT2D eigenvalue weighted by Gasteiger charge is -2.35. The first-order valence-corrected chi connectivity index (χ1v) is 15.0. The quantitative estimate of drug-likeness (QED) is 0.357. The zero-order valence-corrected chi connectivity index (χ0v) is 25.8. The number of alkyl carbamates (subject to hydrolysis) is 1. The lowest BCUT2D eigenvalue weighted by molar-refractivity contribution is -0.138. The second-order valence-electron chi connectivity index (χ2n) is 12.5. The standard InChI is InChI=1S/C33H45FN4O5/c1-22(2)19-28(37-32(42)43-33(3,4)5)31(41)38-17-15-24(16-18-38)29(39)36-27(20-23-11-7-6-8-12-23)30(40)35-21-25-13-9-10-14-26(25)34/h6-14,22,24,27-28H,15-21H2,1-5H3,(H,35,40)(H,36,39)(H,37,42)/t27-,28-/m1/s1. The van der Waals surface area contributed by atoms with Crippen LogP contribution < -0.4 is 16.0 Å². The van der Waals surface area contributed by atoms with E-state index >= 15 is 0 Å². The van der Waals surface area contributed by atoms with Crippen LogP contribution in [0.15, 0.2) is 54.6 Å². The van der Waals surface area contributed by atoms with Crippen LogP contribution in [0.3, 0.4) is 0 Å². The summed E-state index contributed by atoms with van der Waals surface area (Å²) in [5.74, 6) is -1.50. The van der Waals surface area contributed by atoms with Crippen LogP contribution in [0.25, 0.3) is 0 Å². The van der Waals surface area contributed by atoms with Crippen molar-refractivity contribution in [2.24, 2.45) is 11.8 Å². The van der Waals surface area contributed by atoms with E-state index in [9.17, 15) is 23.6 Å². The Bertz CT molecular complexity index is 1240. The highest BCUT2D eigenvalue weighted by Gasteiger charge is 2.34. The van der Waals surface area contributed by atoms with Crippen molar-refractivity contribution in [1.29, 1.82) is 0 Å². The third-order valence-corrected chi connectivity index (χ3v) is 7.20. The topological polar surface area (TPSA) is 117 Å². The van der Waals surface area contributed by atoms with Gasteiger partial charge in [-0.1, -0.05) is 62.4 Å². The van der Waals surface area contributed by atoms with Crippen molar-refractivity contribution in [2.75, 3.05) is 13.1 Å². The third kappa shape index (κ3) is 11.0. The molecule has 0 aliphatic carbocycles. The van der Waals surface area contributed by atoms with Gasteiger partial charge in [-0.05, 0) is 57.6 Å². The van der Waals surface area contributed by atoms with Crippen molar-refractivity contribution < 1.29 is 28.3 Å². The molecule has 0 saturated carbocycles. The van der Waals surface area contributed by atoms with Gasteiger partial charge in [0, 0.05) is 37.5 Å². The maximum absolute atomic E-state index is 14.1. The van der Waals surface area contributed by atoms with Crippen LogP contribution in [0.5, 0.6) is 0 Å². The number of benzene rings is 2. The van der Waals surface area contributed by atoms with Gasteiger partial charge < -0.3 is 25.6 Å². The number of amides is 4. The number of hydrogen-bond acceptors (Lipinski definition) is 5. The summed E-state index contributed by atoms with van der Waals surface area (Å²) < 4.78 is 19.5. The molecule has 3 N–H and O–H groups in total. The van der Waals surface area contributed by atoms with Crippen molar-refractivity contribution in [3.8, 4) is 0 Å². The molecule has 234 valence electrons. The Kier molecular flexibility index (Phi) is 12.1. The van der Waals surface area contributed by atoms with E-state index in [1.165, 1.54) is 6.07 Å². The Morgan fingerprint density at radius 2 is 1.56 bits per heavy atom. The number of carbonyl (C=O) groups is 4. The molecule has 10 heteroatoms. The largest absolute Gasteiger partial charge is 0.444 e. The van der Waals surface area contributed by atoms with Gasteiger partial charge in [0.25, 0.3) is 0 Å². The molecule has 4 amide bonds. The van der Waals surface area contributed by atoms with Crippen LogP contribution in [0.4, 0.5) is 9.18 Å². The molecule has 1 fully saturated rings. The summed E-state index contributed by atoms with van der Waals surface area (Å²) in [6.45, 7) is 9.95. The van der Waals surface area contributed by atoms with Gasteiger partial charge in [0.05, 0.1) is 0 Å². The third-order valence-electron chi connectivity index (χ3n) is 7.20. The Labute approximate surface area is 253 Å². The summed E-state index contributed by atoms with van der Waals surface area (Å²) in [5.41, 5.74) is 0.548. The van der Waals surface area contributed by atoms with E-state index in [4.69, 9.17) is 4.74 Å². The van der Waals surface area contributed by atoms with E-state index < -0.39 is 35.5 Å². The number of nitrogens with one attached hydrogen (secondary N) is 3. The smallest absolute Gasteiger partial charge is 0.408 e. The fourth-order valence-corrected chi connectivity index (χ4v) is 5.02. The Morgan fingerprint density at radius 1 is 0.930 bits per heavy atom. The molecule has 1 saturated heterocycles. The highest BCUT2D eigenvalue weighted by atomic mass is 19.1. The van der Waals surface area contributed by atoms with Crippen molar-refractivity contribution in [2.45, 2.75) is 84.5 Å². The molecule has 0 bridgehead atoms. The minimum absolute atomic E-state index is 0.00203. The lowest BCUT2D eigenvalue weighted by atomic mass is 9.93. The SMILES string of the molecule is CC(C)C[C@@H](NC(=O)OC(C)(C)C)C(=O)N1CCC(C(=O)N[C@H](Cc2ccccc2)C(=O)NCc2ccccc2F)CC1. The fraction of sp³-hybridized carbons (Fsp3) is 0.515. The van der Waals surface area contributed by atoms with Gasteiger partial charge >= 0.3 is 6.09 Å². The highest BCUT2D eigenvalue weighted by molar-refractivity contribution is 5.89. The molecular weight excluding hydrogens is 551 g/mol. The Balaban J connectivity index is 1.61. The number of rotatable bonds is 11. The monoisotopic (exact) mass is 596 g/mol. The summed E-state index contributed by atoms with van der Waals surface area (Å²) in [4.78, 5) is 54.0. The summed E-state index contributed by atoms with van der Waals surface area (Å²) >= 11 is 0. The van der Waals surface area contributed by atoms with Crippen molar-refractivity contribution >= 4 is 23.8 Å². The summed E-state index contributed by atoms with van der Waals surface area (Å²) in [6.07, 6.45) is 0.946. The number of ether oxygens (including phenoxy) is 1. The molecule has 2 aromatic carbocycles. The summed E-state index contributed by atoms with van der Waals surface area (Å²) in [5, 5.41) is 8.39. The first-order chi connectivity index (χ1) is 20.3. The van der Waals surface area contributed by atoms with Crippen LogP contribution in [0.1, 0.15) is 65.0 Å². The molecule has 0 radical (unpaired) electrons. The van der Waals surface area contributed by atoms with Crippen molar-refractivity contribution in [3.05, 3.63) is 71.5 Å². The molecule has 1 heterocycles. The Morgan fingerprint density at radius 3 is 2.16 bits per heavy atom. The second-order valence-corrected chi connectivity index (χ2v) is 12.5. The molecule has 0 aromatic heterocycles. The van der Waals surface area contributed by atoms with Gasteiger partial charge in [0.2, 0.25) is 17.7 Å². The first kappa shape index (κ1) is 33.6. The molecule has 1 aliphatic rings. The van der Waals surface area contributed by atoms with Gasteiger partial charge in [-0.25, -0.2) is 9.18 Å². The van der Waals surface area contributed by atoms with Crippen molar-refractivity contribution in [1.82, 2.24) is 20.9 Å². The number of carbonyl (C=O) groups excluding carboxylic acids is 4. The van der Waals surface area contributed by atoms with Crippen LogP contribution >= 0.6 is 0 Å². The highest BCUT2D eigenvalue weighted by Crippen LogP contribution is 2.20. The van der Waals surface area contributed by atoms with Gasteiger partial charge in [-0.3, -0.25) is 14.4 Å². The number of nitrogens with zero attached hydrogens (tertiary/aromatic N) is 1. The summed E-state index contributed by atoms with van der Waals surface area (Å²) in [7, 11) is 0. The van der Waals surface area contributed by atoms with Crippen LogP contribution in [0, 0.1) is 17.7 Å². The molecule has 1 aliphatic heterocycles. The molecule has 2 aromatic rings. The van der Waals surface area contributed by atoms with E-state index in [1.54, 1.807) is 43.9 Å².